The van der Waals surface area contributed by atoms with E-state index in [0.717, 1.165) is 42.6 Å². The van der Waals surface area contributed by atoms with Crippen LogP contribution in [0.3, 0.4) is 0 Å². The van der Waals surface area contributed by atoms with Crippen molar-refractivity contribution in [1.29, 1.82) is 0 Å². The third kappa shape index (κ3) is 6.17. The second-order valence-electron chi connectivity index (χ2n) is 8.72. The van der Waals surface area contributed by atoms with Gasteiger partial charge in [-0.15, -0.1) is 0 Å². The summed E-state index contributed by atoms with van der Waals surface area (Å²) < 4.78 is 5.41. The van der Waals surface area contributed by atoms with Gasteiger partial charge in [-0.3, -0.25) is 10.3 Å². The van der Waals surface area contributed by atoms with Gasteiger partial charge in [-0.2, -0.15) is 0 Å². The maximum absolute atomic E-state index is 12.4. The molecule has 1 aliphatic carbocycles. The Morgan fingerprint density at radius 1 is 0.969 bits per heavy atom. The van der Waals surface area contributed by atoms with E-state index in [4.69, 9.17) is 4.74 Å². The molecule has 0 bridgehead atoms. The van der Waals surface area contributed by atoms with Crippen LogP contribution in [0.15, 0.2) is 79.1 Å². The van der Waals surface area contributed by atoms with Crippen LogP contribution in [0, 0.1) is 5.92 Å². The van der Waals surface area contributed by atoms with Crippen LogP contribution in [0.2, 0.25) is 0 Å². The van der Waals surface area contributed by atoms with E-state index in [2.05, 4.69) is 46.8 Å². The molecule has 2 aromatic carbocycles. The number of aromatic nitrogens is 1. The van der Waals surface area contributed by atoms with Crippen molar-refractivity contribution in [2.75, 3.05) is 5.32 Å². The lowest BCUT2D eigenvalue weighted by molar-refractivity contribution is 0.155. The van der Waals surface area contributed by atoms with Crippen molar-refractivity contribution in [3.8, 4) is 0 Å². The molecule has 0 saturated heterocycles. The fraction of sp³-hybridized carbons (Fsp3) is 0.333. The molecule has 0 spiro atoms. The van der Waals surface area contributed by atoms with Crippen molar-refractivity contribution in [3.05, 3.63) is 95.8 Å². The Bertz CT molecular complexity index is 994. The third-order valence-electron chi connectivity index (χ3n) is 6.12. The van der Waals surface area contributed by atoms with Crippen molar-refractivity contribution in [3.63, 3.8) is 0 Å². The monoisotopic (exact) mass is 429 g/mol. The molecule has 1 aromatic heterocycles. The van der Waals surface area contributed by atoms with Crippen molar-refractivity contribution in [2.45, 2.75) is 51.3 Å². The molecule has 2 N–H and O–H groups in total. The van der Waals surface area contributed by atoms with E-state index >= 15 is 0 Å². The number of carbonyl (C=O) groups is 1. The van der Waals surface area contributed by atoms with Gasteiger partial charge in [0, 0.05) is 18.8 Å². The summed E-state index contributed by atoms with van der Waals surface area (Å²) in [5.74, 6) is 0.965. The van der Waals surface area contributed by atoms with Crippen molar-refractivity contribution < 1.29 is 9.53 Å². The predicted octanol–water partition coefficient (Wildman–Crippen LogP) is 5.89. The van der Waals surface area contributed by atoms with E-state index in [1.165, 1.54) is 5.56 Å². The lowest BCUT2D eigenvalue weighted by Gasteiger charge is -2.35. The fourth-order valence-corrected chi connectivity index (χ4v) is 4.62. The second-order valence-corrected chi connectivity index (χ2v) is 8.72. The molecule has 0 aliphatic heterocycles. The van der Waals surface area contributed by atoms with E-state index in [-0.39, 0.29) is 6.61 Å². The molecule has 5 nitrogen and oxygen atoms in total. The van der Waals surface area contributed by atoms with Gasteiger partial charge in [-0.25, -0.2) is 4.79 Å². The van der Waals surface area contributed by atoms with Crippen molar-refractivity contribution in [2.24, 2.45) is 5.92 Å². The third-order valence-corrected chi connectivity index (χ3v) is 6.12. The SMILES string of the molecule is CC1CC(NCc2ccccc2)CC(c2ccncc2NC(=O)OCc2ccccc2)C1. The molecular formula is C27H31N3O2. The lowest BCUT2D eigenvalue weighted by Crippen LogP contribution is -2.36. The number of ether oxygens (including phenoxy) is 1. The summed E-state index contributed by atoms with van der Waals surface area (Å²) in [6.07, 6.45) is 6.38. The summed E-state index contributed by atoms with van der Waals surface area (Å²) in [6, 6.07) is 22.7. The van der Waals surface area contributed by atoms with Crippen LogP contribution in [-0.2, 0) is 17.9 Å². The standard InChI is InChI=1S/C27H31N3O2/c1-20-14-23(16-24(15-20)29-17-21-8-4-2-5-9-21)25-12-13-28-18-26(25)30-27(31)32-19-22-10-6-3-7-11-22/h2-13,18,20,23-24,29H,14-17,19H2,1H3,(H,30,31). The van der Waals surface area contributed by atoms with E-state index in [0.29, 0.717) is 17.9 Å². The van der Waals surface area contributed by atoms with Crippen LogP contribution in [0.1, 0.15) is 48.8 Å². The molecule has 5 heteroatoms. The largest absolute Gasteiger partial charge is 0.444 e. The first-order valence-corrected chi connectivity index (χ1v) is 11.4. The fourth-order valence-electron chi connectivity index (χ4n) is 4.62. The van der Waals surface area contributed by atoms with Crippen LogP contribution in [-0.4, -0.2) is 17.1 Å². The van der Waals surface area contributed by atoms with E-state index in [9.17, 15) is 4.79 Å². The number of nitrogens with zero attached hydrogens (tertiary/aromatic N) is 1. The molecule has 0 radical (unpaired) electrons. The summed E-state index contributed by atoms with van der Waals surface area (Å²) in [5.41, 5.74) is 4.14. The normalized spacial score (nSPS) is 20.5. The van der Waals surface area contributed by atoms with Gasteiger partial charge in [0.25, 0.3) is 0 Å². The van der Waals surface area contributed by atoms with Crippen LogP contribution in [0.25, 0.3) is 0 Å². The molecule has 1 fully saturated rings. The Kier molecular flexibility index (Phi) is 7.51. The molecule has 1 heterocycles. The number of rotatable bonds is 7. The second kappa shape index (κ2) is 10.9. The number of nitrogens with one attached hydrogen (secondary N) is 2. The molecule has 1 aliphatic rings. The van der Waals surface area contributed by atoms with Crippen LogP contribution >= 0.6 is 0 Å². The summed E-state index contributed by atoms with van der Waals surface area (Å²) in [5, 5.41) is 6.66. The summed E-state index contributed by atoms with van der Waals surface area (Å²) in [7, 11) is 0. The molecular weight excluding hydrogens is 398 g/mol. The number of anilines is 1. The van der Waals surface area contributed by atoms with Crippen LogP contribution < -0.4 is 10.6 Å². The lowest BCUT2D eigenvalue weighted by atomic mass is 9.76. The van der Waals surface area contributed by atoms with Crippen molar-refractivity contribution in [1.82, 2.24) is 10.3 Å². The molecule has 3 aromatic rings. The molecule has 3 unspecified atom stereocenters. The zero-order valence-electron chi connectivity index (χ0n) is 18.5. The van der Waals surface area contributed by atoms with Crippen molar-refractivity contribution >= 4 is 11.8 Å². The number of hydrogen-bond acceptors (Lipinski definition) is 4. The van der Waals surface area contributed by atoms with Gasteiger partial charge in [0.2, 0.25) is 0 Å². The maximum Gasteiger partial charge on any atom is 0.412 e. The molecule has 166 valence electrons. The minimum atomic E-state index is -0.453. The topological polar surface area (TPSA) is 63.2 Å². The van der Waals surface area contributed by atoms with Gasteiger partial charge in [0.05, 0.1) is 11.9 Å². The zero-order chi connectivity index (χ0) is 22.2. The van der Waals surface area contributed by atoms with Crippen LogP contribution in [0.4, 0.5) is 10.5 Å². The highest BCUT2D eigenvalue weighted by Crippen LogP contribution is 2.39. The van der Waals surface area contributed by atoms with Gasteiger partial charge in [0.1, 0.15) is 6.61 Å². The molecule has 4 rings (SSSR count). The minimum absolute atomic E-state index is 0.244. The van der Waals surface area contributed by atoms with E-state index in [1.54, 1.807) is 6.20 Å². The summed E-state index contributed by atoms with van der Waals surface area (Å²) >= 11 is 0. The minimum Gasteiger partial charge on any atom is -0.444 e. The number of amides is 1. The molecule has 1 saturated carbocycles. The number of hydrogen-bond donors (Lipinski definition) is 2. The first-order chi connectivity index (χ1) is 15.7. The molecule has 1 amide bonds. The summed E-state index contributed by atoms with van der Waals surface area (Å²) in [4.78, 5) is 16.7. The van der Waals surface area contributed by atoms with Gasteiger partial charge in [-0.1, -0.05) is 67.6 Å². The Hall–Kier alpha value is -3.18. The number of carbonyl (C=O) groups excluding carboxylic acids is 1. The molecule has 3 atom stereocenters. The highest BCUT2D eigenvalue weighted by Gasteiger charge is 2.29. The average molecular weight is 430 g/mol. The highest BCUT2D eigenvalue weighted by molar-refractivity contribution is 5.85. The first-order valence-electron chi connectivity index (χ1n) is 11.4. The summed E-state index contributed by atoms with van der Waals surface area (Å²) in [6.45, 7) is 3.43. The van der Waals surface area contributed by atoms with Gasteiger partial charge < -0.3 is 10.1 Å². The number of pyridine rings is 1. The smallest absolute Gasteiger partial charge is 0.412 e. The Balaban J connectivity index is 1.38. The Morgan fingerprint density at radius 2 is 1.69 bits per heavy atom. The van der Waals surface area contributed by atoms with E-state index < -0.39 is 6.09 Å². The molecule has 32 heavy (non-hydrogen) atoms. The Morgan fingerprint density at radius 3 is 2.44 bits per heavy atom. The average Bonchev–Trinajstić information content (AvgIpc) is 2.83. The Labute approximate surface area is 190 Å². The van der Waals surface area contributed by atoms with Crippen LogP contribution in [0.5, 0.6) is 0 Å². The first kappa shape index (κ1) is 22.0. The predicted molar refractivity (Wildman–Crippen MR) is 127 cm³/mol. The number of benzene rings is 2. The quantitative estimate of drug-likeness (QED) is 0.491. The van der Waals surface area contributed by atoms with Gasteiger partial charge in [0.15, 0.2) is 0 Å². The maximum atomic E-state index is 12.4. The highest BCUT2D eigenvalue weighted by atomic mass is 16.5. The van der Waals surface area contributed by atoms with E-state index in [1.807, 2.05) is 48.7 Å². The van der Waals surface area contributed by atoms with Gasteiger partial charge in [-0.05, 0) is 53.9 Å². The zero-order valence-corrected chi connectivity index (χ0v) is 18.5. The van der Waals surface area contributed by atoms with Gasteiger partial charge >= 0.3 is 6.09 Å².